The number of rotatable bonds is 1. The highest BCUT2D eigenvalue weighted by molar-refractivity contribution is 5.76. The van der Waals surface area contributed by atoms with Crippen LogP contribution in [0.4, 0.5) is 0 Å². The van der Waals surface area contributed by atoms with Crippen LogP contribution in [0.1, 0.15) is 38.5 Å². The van der Waals surface area contributed by atoms with Crippen LogP contribution in [0.2, 0.25) is 0 Å². The minimum atomic E-state index is -0.924. The summed E-state index contributed by atoms with van der Waals surface area (Å²) in [5.41, 5.74) is -2.71. The van der Waals surface area contributed by atoms with Crippen LogP contribution < -0.4 is 0 Å². The van der Waals surface area contributed by atoms with E-state index < -0.39 is 22.6 Å². The highest BCUT2D eigenvalue weighted by Gasteiger charge is 2.65. The second-order valence-corrected chi connectivity index (χ2v) is 6.04. The molecule has 4 atom stereocenters. The lowest BCUT2D eigenvalue weighted by molar-refractivity contribution is -0.235. The molecule has 0 aromatic heterocycles. The molecule has 4 saturated carbocycles. The number of hydrogen-bond acceptors (Lipinski definition) is 3. The zero-order valence-corrected chi connectivity index (χ0v) is 8.57. The van der Waals surface area contributed by atoms with Gasteiger partial charge < -0.3 is 15.3 Å². The largest absolute Gasteiger partial charge is 0.481 e. The first-order valence-electron chi connectivity index (χ1n) is 5.53. The molecule has 4 rings (SSSR count). The summed E-state index contributed by atoms with van der Waals surface area (Å²) >= 11 is 0. The molecule has 2 unspecified atom stereocenters. The normalized spacial score (nSPS) is 57.1. The molecule has 0 aliphatic heterocycles. The van der Waals surface area contributed by atoms with E-state index in [2.05, 4.69) is 0 Å². The van der Waals surface area contributed by atoms with Crippen molar-refractivity contribution in [2.24, 2.45) is 11.3 Å². The molecule has 0 heterocycles. The summed E-state index contributed by atoms with van der Waals surface area (Å²) < 4.78 is 0. The molecule has 0 aromatic rings. The number of aliphatic hydroxyl groups is 2. The summed E-state index contributed by atoms with van der Waals surface area (Å²) in [7, 11) is 0. The average Bonchev–Trinajstić information content (AvgIpc) is 1.95. The van der Waals surface area contributed by atoms with Gasteiger partial charge in [-0.05, 0) is 38.0 Å². The van der Waals surface area contributed by atoms with Crippen LogP contribution in [0.15, 0.2) is 0 Å². The Hall–Kier alpha value is -0.610. The van der Waals surface area contributed by atoms with E-state index in [-0.39, 0.29) is 5.92 Å². The topological polar surface area (TPSA) is 77.8 Å². The smallest absolute Gasteiger partial charge is 0.309 e. The van der Waals surface area contributed by atoms with Crippen molar-refractivity contribution in [2.75, 3.05) is 0 Å². The Balaban J connectivity index is 2.05. The van der Waals surface area contributed by atoms with Crippen LogP contribution in [-0.4, -0.2) is 32.5 Å². The lowest BCUT2D eigenvalue weighted by atomic mass is 9.46. The zero-order valence-electron chi connectivity index (χ0n) is 8.57. The zero-order chi connectivity index (χ0) is 10.9. The van der Waals surface area contributed by atoms with Gasteiger partial charge in [0.2, 0.25) is 0 Å². The minimum Gasteiger partial charge on any atom is -0.481 e. The first kappa shape index (κ1) is 9.60. The number of carboxylic acid groups (broad SMARTS) is 1. The Bertz CT molecular complexity index is 319. The molecule has 15 heavy (non-hydrogen) atoms. The SMILES string of the molecule is O=C(O)C12CC3C[C@@](O)(C1)C[C@](O)(C3)C2. The summed E-state index contributed by atoms with van der Waals surface area (Å²) in [5, 5.41) is 29.8. The maximum absolute atomic E-state index is 11.3. The number of aliphatic carboxylic acids is 1. The van der Waals surface area contributed by atoms with Gasteiger partial charge in [0.25, 0.3) is 0 Å². The van der Waals surface area contributed by atoms with Gasteiger partial charge >= 0.3 is 5.97 Å². The molecular formula is C11H16O4. The lowest BCUT2D eigenvalue weighted by Gasteiger charge is -2.61. The Labute approximate surface area is 87.9 Å². The van der Waals surface area contributed by atoms with Gasteiger partial charge in [0.15, 0.2) is 0 Å². The summed E-state index contributed by atoms with van der Waals surface area (Å²) in [6.07, 6.45) is 3.00. The van der Waals surface area contributed by atoms with E-state index in [4.69, 9.17) is 0 Å². The monoisotopic (exact) mass is 212 g/mol. The Morgan fingerprint density at radius 3 is 1.93 bits per heavy atom. The van der Waals surface area contributed by atoms with E-state index in [0.29, 0.717) is 38.5 Å². The van der Waals surface area contributed by atoms with Crippen LogP contribution >= 0.6 is 0 Å². The van der Waals surface area contributed by atoms with Crippen molar-refractivity contribution in [1.82, 2.24) is 0 Å². The second kappa shape index (κ2) is 2.38. The molecule has 0 spiro atoms. The van der Waals surface area contributed by atoms with Gasteiger partial charge in [0.05, 0.1) is 16.6 Å². The molecule has 0 saturated heterocycles. The van der Waals surface area contributed by atoms with Crippen molar-refractivity contribution in [2.45, 2.75) is 49.7 Å². The molecule has 0 radical (unpaired) electrons. The molecule has 0 aromatic carbocycles. The third-order valence-electron chi connectivity index (χ3n) is 4.46. The fourth-order valence-corrected chi connectivity index (χ4v) is 4.58. The van der Waals surface area contributed by atoms with E-state index in [9.17, 15) is 20.1 Å². The lowest BCUT2D eigenvalue weighted by Crippen LogP contribution is -2.65. The third-order valence-corrected chi connectivity index (χ3v) is 4.46. The van der Waals surface area contributed by atoms with Gasteiger partial charge in [0.1, 0.15) is 0 Å². The Kier molecular flexibility index (Phi) is 1.52. The van der Waals surface area contributed by atoms with Crippen molar-refractivity contribution in [3.63, 3.8) is 0 Å². The highest BCUT2D eigenvalue weighted by Crippen LogP contribution is 2.63. The molecule has 4 aliphatic carbocycles. The summed E-state index contributed by atoms with van der Waals surface area (Å²) in [4.78, 5) is 11.3. The van der Waals surface area contributed by atoms with Gasteiger partial charge in [-0.2, -0.15) is 0 Å². The average molecular weight is 212 g/mol. The molecule has 0 amide bonds. The molecule has 84 valence electrons. The summed E-state index contributed by atoms with van der Waals surface area (Å²) in [6.45, 7) is 0. The van der Waals surface area contributed by atoms with E-state index in [1.165, 1.54) is 0 Å². The van der Waals surface area contributed by atoms with Crippen LogP contribution in [0.25, 0.3) is 0 Å². The van der Waals surface area contributed by atoms with Gasteiger partial charge in [-0.15, -0.1) is 0 Å². The van der Waals surface area contributed by atoms with E-state index in [1.807, 2.05) is 0 Å². The van der Waals surface area contributed by atoms with Crippen LogP contribution in [0, 0.1) is 11.3 Å². The van der Waals surface area contributed by atoms with Gasteiger partial charge in [0, 0.05) is 6.42 Å². The van der Waals surface area contributed by atoms with Gasteiger partial charge in [-0.25, -0.2) is 0 Å². The minimum absolute atomic E-state index is 0.187. The maximum atomic E-state index is 11.3. The van der Waals surface area contributed by atoms with Crippen molar-refractivity contribution in [3.05, 3.63) is 0 Å². The molecule has 4 heteroatoms. The molecule has 4 fully saturated rings. The van der Waals surface area contributed by atoms with E-state index in [0.717, 1.165) is 0 Å². The fraction of sp³-hybridized carbons (Fsp3) is 0.909. The van der Waals surface area contributed by atoms with Gasteiger partial charge in [-0.1, -0.05) is 0 Å². The van der Waals surface area contributed by atoms with Crippen molar-refractivity contribution >= 4 is 5.97 Å². The van der Waals surface area contributed by atoms with E-state index in [1.54, 1.807) is 0 Å². The molecule has 4 bridgehead atoms. The van der Waals surface area contributed by atoms with Crippen molar-refractivity contribution in [1.29, 1.82) is 0 Å². The van der Waals surface area contributed by atoms with Crippen LogP contribution in [0.5, 0.6) is 0 Å². The van der Waals surface area contributed by atoms with Crippen LogP contribution in [-0.2, 0) is 4.79 Å². The second-order valence-electron chi connectivity index (χ2n) is 6.04. The Morgan fingerprint density at radius 1 is 1.00 bits per heavy atom. The molecule has 3 N–H and O–H groups in total. The summed E-state index contributed by atoms with van der Waals surface area (Å²) in [5.74, 6) is -0.657. The number of carboxylic acids is 1. The molecule has 4 aliphatic rings. The predicted molar refractivity (Wildman–Crippen MR) is 51.2 cm³/mol. The first-order chi connectivity index (χ1) is 6.85. The molecule has 4 nitrogen and oxygen atoms in total. The maximum Gasteiger partial charge on any atom is 0.309 e. The predicted octanol–water partition coefficient (Wildman–Crippen LogP) is 0.517. The standard InChI is InChI=1S/C11H16O4/c12-8(13)9-1-7-2-10(14,4-9)6-11(15,3-7)5-9/h7,14-15H,1-6H2,(H,12,13)/t7?,9?,10-,11+. The first-order valence-corrected chi connectivity index (χ1v) is 5.53. The number of carbonyl (C=O) groups is 1. The van der Waals surface area contributed by atoms with Crippen molar-refractivity contribution < 1.29 is 20.1 Å². The quantitative estimate of drug-likeness (QED) is 0.592. The Morgan fingerprint density at radius 2 is 1.53 bits per heavy atom. The number of hydrogen-bond donors (Lipinski definition) is 3. The fourth-order valence-electron chi connectivity index (χ4n) is 4.58. The third kappa shape index (κ3) is 1.18. The van der Waals surface area contributed by atoms with E-state index >= 15 is 0 Å². The highest BCUT2D eigenvalue weighted by atomic mass is 16.4. The van der Waals surface area contributed by atoms with Gasteiger partial charge in [-0.3, -0.25) is 4.79 Å². The molecular weight excluding hydrogens is 196 g/mol. The van der Waals surface area contributed by atoms with Crippen LogP contribution in [0.3, 0.4) is 0 Å². The van der Waals surface area contributed by atoms with Crippen molar-refractivity contribution in [3.8, 4) is 0 Å². The summed E-state index contributed by atoms with van der Waals surface area (Å²) in [6, 6.07) is 0.